The molecule has 0 heterocycles. The minimum atomic E-state index is -0.334. The van der Waals surface area contributed by atoms with E-state index in [-0.39, 0.29) is 12.6 Å². The van der Waals surface area contributed by atoms with E-state index < -0.39 is 0 Å². The summed E-state index contributed by atoms with van der Waals surface area (Å²) >= 11 is 0. The SMILES string of the molecule is COC(=O)c1cccc(NCCCCO)c1. The number of unbranched alkanes of at least 4 members (excludes halogenated alkanes) is 1. The minimum Gasteiger partial charge on any atom is -0.465 e. The van der Waals surface area contributed by atoms with Crippen LogP contribution in [0.15, 0.2) is 24.3 Å². The molecule has 1 aromatic carbocycles. The van der Waals surface area contributed by atoms with E-state index in [9.17, 15) is 4.79 Å². The van der Waals surface area contributed by atoms with E-state index in [0.29, 0.717) is 5.56 Å². The molecular formula is C12H17NO3. The van der Waals surface area contributed by atoms with E-state index in [4.69, 9.17) is 5.11 Å². The van der Waals surface area contributed by atoms with Gasteiger partial charge in [-0.2, -0.15) is 0 Å². The lowest BCUT2D eigenvalue weighted by Crippen LogP contribution is -2.05. The predicted molar refractivity (Wildman–Crippen MR) is 62.6 cm³/mol. The molecule has 0 radical (unpaired) electrons. The third-order valence-electron chi connectivity index (χ3n) is 2.20. The first-order valence-electron chi connectivity index (χ1n) is 5.31. The summed E-state index contributed by atoms with van der Waals surface area (Å²) in [6.45, 7) is 0.995. The monoisotopic (exact) mass is 223 g/mol. The quantitative estimate of drug-likeness (QED) is 0.569. The maximum Gasteiger partial charge on any atom is 0.337 e. The molecule has 0 amide bonds. The molecule has 0 aliphatic heterocycles. The van der Waals surface area contributed by atoms with Crippen LogP contribution in [0.4, 0.5) is 5.69 Å². The average Bonchev–Trinajstić information content (AvgIpc) is 2.34. The first-order valence-corrected chi connectivity index (χ1v) is 5.31. The zero-order valence-electron chi connectivity index (χ0n) is 9.40. The third kappa shape index (κ3) is 3.90. The van der Waals surface area contributed by atoms with Crippen LogP contribution in [0.5, 0.6) is 0 Å². The van der Waals surface area contributed by atoms with Gasteiger partial charge in [0.05, 0.1) is 12.7 Å². The largest absolute Gasteiger partial charge is 0.465 e. The summed E-state index contributed by atoms with van der Waals surface area (Å²) in [4.78, 5) is 11.3. The second-order valence-corrected chi connectivity index (χ2v) is 3.43. The molecule has 4 nitrogen and oxygen atoms in total. The zero-order chi connectivity index (χ0) is 11.8. The Morgan fingerprint density at radius 1 is 1.44 bits per heavy atom. The van der Waals surface area contributed by atoms with Gasteiger partial charge in [-0.05, 0) is 31.0 Å². The van der Waals surface area contributed by atoms with Gasteiger partial charge in [0.2, 0.25) is 0 Å². The molecule has 88 valence electrons. The number of nitrogens with one attached hydrogen (secondary N) is 1. The fraction of sp³-hybridized carbons (Fsp3) is 0.417. The molecule has 1 aromatic rings. The van der Waals surface area contributed by atoms with Crippen molar-refractivity contribution in [3.05, 3.63) is 29.8 Å². The zero-order valence-corrected chi connectivity index (χ0v) is 9.40. The van der Waals surface area contributed by atoms with Crippen molar-refractivity contribution in [2.75, 3.05) is 25.6 Å². The normalized spacial score (nSPS) is 9.88. The van der Waals surface area contributed by atoms with Crippen LogP contribution in [0, 0.1) is 0 Å². The van der Waals surface area contributed by atoms with Crippen molar-refractivity contribution in [3.63, 3.8) is 0 Å². The highest BCUT2D eigenvalue weighted by atomic mass is 16.5. The van der Waals surface area contributed by atoms with E-state index >= 15 is 0 Å². The molecule has 0 unspecified atom stereocenters. The smallest absolute Gasteiger partial charge is 0.337 e. The number of aliphatic hydroxyl groups excluding tert-OH is 1. The van der Waals surface area contributed by atoms with E-state index in [2.05, 4.69) is 10.1 Å². The molecule has 0 atom stereocenters. The van der Waals surface area contributed by atoms with Gasteiger partial charge in [-0.3, -0.25) is 0 Å². The molecule has 0 aliphatic rings. The Kier molecular flexibility index (Phi) is 5.36. The molecule has 4 heteroatoms. The molecule has 0 saturated carbocycles. The molecule has 0 spiro atoms. The van der Waals surface area contributed by atoms with Crippen LogP contribution >= 0.6 is 0 Å². The summed E-state index contributed by atoms with van der Waals surface area (Å²) in [7, 11) is 1.36. The molecular weight excluding hydrogens is 206 g/mol. The number of benzene rings is 1. The molecule has 0 aromatic heterocycles. The van der Waals surface area contributed by atoms with Gasteiger partial charge >= 0.3 is 5.97 Å². The fourth-order valence-corrected chi connectivity index (χ4v) is 1.34. The lowest BCUT2D eigenvalue weighted by atomic mass is 10.2. The van der Waals surface area contributed by atoms with Crippen molar-refractivity contribution in [3.8, 4) is 0 Å². The molecule has 0 saturated heterocycles. The standard InChI is InChI=1S/C12H17NO3/c1-16-12(15)10-5-4-6-11(9-10)13-7-2-3-8-14/h4-6,9,13-14H,2-3,7-8H2,1H3. The molecule has 0 aliphatic carbocycles. The molecule has 1 rings (SSSR count). The summed E-state index contributed by atoms with van der Waals surface area (Å²) in [5, 5.41) is 11.8. The number of carbonyl (C=O) groups excluding carboxylic acids is 1. The van der Waals surface area contributed by atoms with E-state index in [1.165, 1.54) is 7.11 Å². The van der Waals surface area contributed by atoms with Crippen molar-refractivity contribution in [1.29, 1.82) is 0 Å². The lowest BCUT2D eigenvalue weighted by molar-refractivity contribution is 0.0601. The Morgan fingerprint density at radius 2 is 2.25 bits per heavy atom. The molecule has 2 N–H and O–H groups in total. The Labute approximate surface area is 95.2 Å². The van der Waals surface area contributed by atoms with Crippen LogP contribution in [0.1, 0.15) is 23.2 Å². The number of methoxy groups -OCH3 is 1. The molecule has 0 bridgehead atoms. The topological polar surface area (TPSA) is 58.6 Å². The Bertz CT molecular complexity index is 339. The van der Waals surface area contributed by atoms with Crippen molar-refractivity contribution < 1.29 is 14.6 Å². The van der Waals surface area contributed by atoms with E-state index in [1.807, 2.05) is 6.07 Å². The summed E-state index contributed by atoms with van der Waals surface area (Å²) < 4.78 is 4.63. The Hall–Kier alpha value is -1.55. The highest BCUT2D eigenvalue weighted by Crippen LogP contribution is 2.11. The summed E-state index contributed by atoms with van der Waals surface area (Å²) in [5.74, 6) is -0.334. The van der Waals surface area contributed by atoms with Gasteiger partial charge < -0.3 is 15.2 Å². The first-order chi connectivity index (χ1) is 7.77. The number of esters is 1. The van der Waals surface area contributed by atoms with Crippen molar-refractivity contribution in [1.82, 2.24) is 0 Å². The maximum absolute atomic E-state index is 11.3. The number of carbonyl (C=O) groups is 1. The third-order valence-corrected chi connectivity index (χ3v) is 2.20. The second kappa shape index (κ2) is 6.85. The molecule has 16 heavy (non-hydrogen) atoms. The van der Waals surface area contributed by atoms with Gasteiger partial charge in [0, 0.05) is 18.8 Å². The average molecular weight is 223 g/mol. The first kappa shape index (κ1) is 12.5. The van der Waals surface area contributed by atoms with Crippen LogP contribution in [-0.2, 0) is 4.74 Å². The number of hydrogen-bond acceptors (Lipinski definition) is 4. The van der Waals surface area contributed by atoms with Crippen LogP contribution in [0.25, 0.3) is 0 Å². The van der Waals surface area contributed by atoms with Gasteiger partial charge in [0.1, 0.15) is 0 Å². The Morgan fingerprint density at radius 3 is 2.94 bits per heavy atom. The van der Waals surface area contributed by atoms with Crippen LogP contribution in [0.3, 0.4) is 0 Å². The van der Waals surface area contributed by atoms with Gasteiger partial charge in [-0.15, -0.1) is 0 Å². The van der Waals surface area contributed by atoms with Gasteiger partial charge in [-0.1, -0.05) is 6.07 Å². The van der Waals surface area contributed by atoms with E-state index in [1.54, 1.807) is 18.2 Å². The van der Waals surface area contributed by atoms with Gasteiger partial charge in [0.15, 0.2) is 0 Å². The van der Waals surface area contributed by atoms with Crippen LogP contribution < -0.4 is 5.32 Å². The van der Waals surface area contributed by atoms with Gasteiger partial charge in [-0.25, -0.2) is 4.79 Å². The van der Waals surface area contributed by atoms with Gasteiger partial charge in [0.25, 0.3) is 0 Å². The van der Waals surface area contributed by atoms with E-state index in [0.717, 1.165) is 25.1 Å². The highest BCUT2D eigenvalue weighted by molar-refractivity contribution is 5.90. The van der Waals surface area contributed by atoms with Crippen molar-refractivity contribution >= 4 is 11.7 Å². The minimum absolute atomic E-state index is 0.212. The number of ether oxygens (including phenoxy) is 1. The maximum atomic E-state index is 11.3. The summed E-state index contributed by atoms with van der Waals surface area (Å²) in [6.07, 6.45) is 1.68. The fourth-order valence-electron chi connectivity index (χ4n) is 1.34. The van der Waals surface area contributed by atoms with Crippen LogP contribution in [-0.4, -0.2) is 31.3 Å². The molecule has 0 fully saturated rings. The predicted octanol–water partition coefficient (Wildman–Crippen LogP) is 1.66. The lowest BCUT2D eigenvalue weighted by Gasteiger charge is -2.07. The number of aliphatic hydroxyl groups is 1. The number of rotatable bonds is 6. The van der Waals surface area contributed by atoms with Crippen molar-refractivity contribution in [2.24, 2.45) is 0 Å². The summed E-state index contributed by atoms with van der Waals surface area (Å²) in [6, 6.07) is 7.17. The number of hydrogen-bond donors (Lipinski definition) is 2. The van der Waals surface area contributed by atoms with Crippen molar-refractivity contribution in [2.45, 2.75) is 12.8 Å². The van der Waals surface area contributed by atoms with Crippen LogP contribution in [0.2, 0.25) is 0 Å². The Balaban J connectivity index is 2.50. The summed E-state index contributed by atoms with van der Waals surface area (Å²) in [5.41, 5.74) is 1.43. The second-order valence-electron chi connectivity index (χ2n) is 3.43. The number of anilines is 1. The highest BCUT2D eigenvalue weighted by Gasteiger charge is 2.04.